The first kappa shape index (κ1) is 17.1. The van der Waals surface area contributed by atoms with Crippen LogP contribution in [0.1, 0.15) is 0 Å². The molecule has 0 heterocycles. The van der Waals surface area contributed by atoms with Gasteiger partial charge in [0.25, 0.3) is 0 Å². The molecular weight excluding hydrogens is 226 g/mol. The zero-order valence-corrected chi connectivity index (χ0v) is 9.12. The molecule has 4 heteroatoms. The molecule has 0 saturated heterocycles. The molecule has 0 aliphatic heterocycles. The monoisotopic (exact) mass is 233 g/mol. The van der Waals surface area contributed by atoms with Crippen LogP contribution in [0.3, 0.4) is 0 Å². The van der Waals surface area contributed by atoms with Gasteiger partial charge in [-0.1, -0.05) is 0 Å². The van der Waals surface area contributed by atoms with Gasteiger partial charge in [-0.25, -0.2) is 0 Å². The average molecular weight is 234 g/mol. The van der Waals surface area contributed by atoms with Crippen molar-refractivity contribution in [3.8, 4) is 0 Å². The van der Waals surface area contributed by atoms with Crippen molar-refractivity contribution < 1.29 is 20.4 Å². The predicted octanol–water partition coefficient (Wildman–Crippen LogP) is 2.12. The summed E-state index contributed by atoms with van der Waals surface area (Å²) < 4.78 is 1.32. The van der Waals surface area contributed by atoms with Crippen LogP contribution in [0.4, 0.5) is 0 Å². The van der Waals surface area contributed by atoms with E-state index in [9.17, 15) is 0 Å². The normalized spacial score (nSPS) is 5.90. The number of benzene rings is 1. The summed E-state index contributed by atoms with van der Waals surface area (Å²) in [5, 5.41) is 0. The molecule has 1 rings (SSSR count). The van der Waals surface area contributed by atoms with Gasteiger partial charge in [0.05, 0.1) is 0 Å². The number of rotatable bonds is 0. The summed E-state index contributed by atoms with van der Waals surface area (Å²) in [6.45, 7) is 0. The Bertz CT molecular complexity index is 143. The van der Waals surface area contributed by atoms with E-state index in [0.717, 1.165) is 0 Å². The van der Waals surface area contributed by atoms with Crippen molar-refractivity contribution in [2.45, 2.75) is 0 Å². The molecule has 10 heavy (non-hydrogen) atoms. The number of hydrogen-bond acceptors (Lipinski definition) is 0. The average Bonchev–Trinajstić information content (AvgIpc) is 1.69. The van der Waals surface area contributed by atoms with Crippen LogP contribution in [0.2, 0.25) is 0 Å². The van der Waals surface area contributed by atoms with E-state index in [2.05, 4.69) is 32.6 Å². The van der Waals surface area contributed by atoms with Crippen LogP contribution < -0.4 is 3.87 Å². The zero-order chi connectivity index (χ0) is 5.11. The molecule has 0 aromatic heterocycles. The van der Waals surface area contributed by atoms with Crippen LogP contribution in [0.15, 0.2) is 30.3 Å². The second-order valence-electron chi connectivity index (χ2n) is 1.37. The Kier molecular flexibility index (Phi) is 16.7. The van der Waals surface area contributed by atoms with Gasteiger partial charge in [-0.3, -0.25) is 0 Å². The Balaban J connectivity index is -0.000000163. The summed E-state index contributed by atoms with van der Waals surface area (Å²) >= 11 is 2.08. The van der Waals surface area contributed by atoms with Gasteiger partial charge in [0.1, 0.15) is 0 Å². The molecule has 0 atom stereocenters. The van der Waals surface area contributed by atoms with Crippen molar-refractivity contribution in [2.24, 2.45) is 0 Å². The third kappa shape index (κ3) is 6.92. The molecule has 0 aliphatic rings. The Morgan fingerprint density at radius 1 is 0.800 bits per heavy atom. The second-order valence-corrected chi connectivity index (χ2v) is 2.27. The fourth-order valence-electron chi connectivity index (χ4n) is 0.438. The minimum atomic E-state index is 0. The van der Waals surface area contributed by atoms with Crippen LogP contribution in [-0.2, 0) is 20.4 Å². The van der Waals surface area contributed by atoms with Gasteiger partial charge >= 0.3 is 54.6 Å². The van der Waals surface area contributed by atoms with E-state index < -0.39 is 0 Å². The summed E-state index contributed by atoms with van der Waals surface area (Å²) in [5.41, 5.74) is 0. The first-order chi connectivity index (χ1) is 3.39. The molecule has 0 nitrogen and oxygen atoms in total. The summed E-state index contributed by atoms with van der Waals surface area (Å²) in [6, 6.07) is 10.3. The Labute approximate surface area is 91.4 Å². The molecule has 0 saturated carbocycles. The minimum absolute atomic E-state index is 0. The second kappa shape index (κ2) is 9.80. The molecule has 0 amide bonds. The summed E-state index contributed by atoms with van der Waals surface area (Å²) in [4.78, 5) is 0. The van der Waals surface area contributed by atoms with Gasteiger partial charge in [0.2, 0.25) is 0 Å². The predicted molar refractivity (Wildman–Crippen MR) is 47.8 cm³/mol. The molecule has 0 spiro atoms. The SMILES string of the molecule is Cl.Cl.Cl.[Ti][c]1ccccc1. The molecule has 0 fully saturated rings. The fraction of sp³-hybridized carbons (Fsp3) is 0. The van der Waals surface area contributed by atoms with Crippen molar-refractivity contribution in [1.82, 2.24) is 0 Å². The van der Waals surface area contributed by atoms with E-state index in [-0.39, 0.29) is 37.2 Å². The van der Waals surface area contributed by atoms with Gasteiger partial charge in [0, 0.05) is 0 Å². The van der Waals surface area contributed by atoms with E-state index in [0.29, 0.717) is 0 Å². The van der Waals surface area contributed by atoms with Gasteiger partial charge in [-0.05, 0) is 0 Å². The first-order valence-electron chi connectivity index (χ1n) is 2.16. The zero-order valence-electron chi connectivity index (χ0n) is 5.11. The summed E-state index contributed by atoms with van der Waals surface area (Å²) in [5.74, 6) is 0. The number of hydrogen-bond donors (Lipinski definition) is 0. The molecule has 57 valence electrons. The van der Waals surface area contributed by atoms with Crippen molar-refractivity contribution in [3.05, 3.63) is 30.3 Å². The first-order valence-corrected chi connectivity index (χ1v) is 2.94. The van der Waals surface area contributed by atoms with E-state index in [1.807, 2.05) is 18.2 Å². The third-order valence-electron chi connectivity index (χ3n) is 0.774. The summed E-state index contributed by atoms with van der Waals surface area (Å²) in [6.07, 6.45) is 0. The van der Waals surface area contributed by atoms with Gasteiger partial charge < -0.3 is 0 Å². The molecule has 0 unspecified atom stereocenters. The van der Waals surface area contributed by atoms with E-state index in [1.54, 1.807) is 0 Å². The van der Waals surface area contributed by atoms with E-state index >= 15 is 0 Å². The third-order valence-corrected chi connectivity index (χ3v) is 1.29. The van der Waals surface area contributed by atoms with Crippen LogP contribution in [-0.4, -0.2) is 0 Å². The van der Waals surface area contributed by atoms with Crippen molar-refractivity contribution in [3.63, 3.8) is 0 Å². The summed E-state index contributed by atoms with van der Waals surface area (Å²) in [7, 11) is 0. The van der Waals surface area contributed by atoms with Crippen molar-refractivity contribution in [2.75, 3.05) is 0 Å². The maximum atomic E-state index is 2.08. The quantitative estimate of drug-likeness (QED) is 0.603. The van der Waals surface area contributed by atoms with Gasteiger partial charge in [-0.2, -0.15) is 0 Å². The molecule has 0 N–H and O–H groups in total. The van der Waals surface area contributed by atoms with E-state index in [1.165, 1.54) is 3.87 Å². The molecule has 0 bridgehead atoms. The molecule has 0 radical (unpaired) electrons. The van der Waals surface area contributed by atoms with E-state index in [4.69, 9.17) is 0 Å². The van der Waals surface area contributed by atoms with Gasteiger partial charge in [0.15, 0.2) is 0 Å². The van der Waals surface area contributed by atoms with Crippen molar-refractivity contribution >= 4 is 41.1 Å². The molecule has 0 aliphatic carbocycles. The molecule has 1 aromatic rings. The Morgan fingerprint density at radius 3 is 1.40 bits per heavy atom. The van der Waals surface area contributed by atoms with Crippen LogP contribution in [0, 0.1) is 0 Å². The maximum absolute atomic E-state index is 2.08. The fourth-order valence-corrected chi connectivity index (χ4v) is 0.739. The van der Waals surface area contributed by atoms with Crippen LogP contribution >= 0.6 is 37.2 Å². The Morgan fingerprint density at radius 2 is 1.20 bits per heavy atom. The topological polar surface area (TPSA) is 0 Å². The van der Waals surface area contributed by atoms with Gasteiger partial charge in [-0.15, -0.1) is 37.2 Å². The van der Waals surface area contributed by atoms with Crippen molar-refractivity contribution in [1.29, 1.82) is 0 Å². The molecular formula is C6H8Cl3Ti. The van der Waals surface area contributed by atoms with Crippen LogP contribution in [0.5, 0.6) is 0 Å². The molecule has 1 aromatic carbocycles. The van der Waals surface area contributed by atoms with Crippen LogP contribution in [0.25, 0.3) is 0 Å². The Hall–Kier alpha value is 0.804. The number of halogens is 3. The standard InChI is InChI=1S/C6H5.3ClH.Ti/c1-2-4-6-5-3-1;;;;/h1-5H;3*1H;.